The molecule has 0 spiro atoms. The number of hydrogen-bond donors (Lipinski definition) is 4. The van der Waals surface area contributed by atoms with Crippen molar-refractivity contribution in [2.45, 2.75) is 81.6 Å². The second-order valence-electron chi connectivity index (χ2n) is 14.6. The fraction of sp³-hybridized carbons (Fsp3) is 0.381. The molecular formula is C42H46N6O9S2. The normalized spacial score (nSPS) is 16.4. The molecule has 6 rings (SSSR count). The third kappa shape index (κ3) is 10.9. The van der Waals surface area contributed by atoms with E-state index in [4.69, 9.17) is 15.4 Å². The number of thiophene rings is 1. The third-order valence-electron chi connectivity index (χ3n) is 10.8. The minimum Gasteiger partial charge on any atom is -0.481 e. The molecule has 0 aliphatic heterocycles. The Morgan fingerprint density at radius 1 is 0.864 bits per heavy atom. The van der Waals surface area contributed by atoms with Gasteiger partial charge < -0.3 is 25.6 Å². The molecule has 0 atom stereocenters. The van der Waals surface area contributed by atoms with Gasteiger partial charge in [0.2, 0.25) is 10.0 Å². The van der Waals surface area contributed by atoms with E-state index < -0.39 is 39.8 Å². The first-order chi connectivity index (χ1) is 28.4. The highest BCUT2D eigenvalue weighted by molar-refractivity contribution is 7.89. The number of carbonyl (C=O) groups excluding carboxylic acids is 2. The Kier molecular flexibility index (Phi) is 14.5. The fourth-order valence-electron chi connectivity index (χ4n) is 7.66. The number of aromatic carboxylic acids is 1. The van der Waals surface area contributed by atoms with Gasteiger partial charge in [-0.2, -0.15) is 4.31 Å². The van der Waals surface area contributed by atoms with Crippen molar-refractivity contribution in [3.05, 3.63) is 121 Å². The molecule has 0 bridgehead atoms. The van der Waals surface area contributed by atoms with Crippen LogP contribution in [0.5, 0.6) is 0 Å². The SMILES string of the molecule is [N-]=[N+]=NCOCCN(C1CCC(C(=O)O)CC1)S(=O)(=O)c1cccc(C(=O)Nc2sc3c(c2C(=O)Nc2ccc(CCCc4ccc(C(=O)O)cc4)cc2)CCCC3)c1. The first kappa shape index (κ1) is 43.0. The van der Waals surface area contributed by atoms with Gasteiger partial charge in [0.15, 0.2) is 0 Å². The maximum Gasteiger partial charge on any atom is 0.335 e. The van der Waals surface area contributed by atoms with Crippen molar-refractivity contribution < 1.29 is 42.5 Å². The Bertz CT molecular complexity index is 2320. The molecule has 17 heteroatoms. The van der Waals surface area contributed by atoms with Crippen LogP contribution in [-0.2, 0) is 45.2 Å². The van der Waals surface area contributed by atoms with E-state index in [2.05, 4.69) is 20.7 Å². The monoisotopic (exact) mass is 842 g/mol. The van der Waals surface area contributed by atoms with Crippen LogP contribution in [0.25, 0.3) is 10.4 Å². The van der Waals surface area contributed by atoms with Crippen LogP contribution in [0.15, 0.2) is 82.8 Å². The van der Waals surface area contributed by atoms with Crippen LogP contribution in [0.1, 0.15) is 97.6 Å². The lowest BCUT2D eigenvalue weighted by Gasteiger charge is -2.35. The first-order valence-corrected chi connectivity index (χ1v) is 21.8. The van der Waals surface area contributed by atoms with Gasteiger partial charge in [-0.3, -0.25) is 14.4 Å². The van der Waals surface area contributed by atoms with Crippen molar-refractivity contribution in [1.82, 2.24) is 4.31 Å². The van der Waals surface area contributed by atoms with Crippen molar-refractivity contribution in [1.29, 1.82) is 0 Å². The molecule has 310 valence electrons. The first-order valence-electron chi connectivity index (χ1n) is 19.6. The maximum absolute atomic E-state index is 14.2. The third-order valence-corrected chi connectivity index (χ3v) is 13.9. The molecule has 4 aromatic rings. The fourth-order valence-corrected chi connectivity index (χ4v) is 10.7. The van der Waals surface area contributed by atoms with Gasteiger partial charge in [-0.05, 0) is 135 Å². The van der Waals surface area contributed by atoms with E-state index in [1.807, 2.05) is 36.4 Å². The smallest absolute Gasteiger partial charge is 0.335 e. The van der Waals surface area contributed by atoms with Gasteiger partial charge in [-0.25, -0.2) is 13.2 Å². The molecule has 2 amide bonds. The van der Waals surface area contributed by atoms with E-state index in [9.17, 15) is 32.7 Å². The van der Waals surface area contributed by atoms with Gasteiger partial charge in [-0.1, -0.05) is 35.4 Å². The second-order valence-corrected chi connectivity index (χ2v) is 17.6. The van der Waals surface area contributed by atoms with Crippen molar-refractivity contribution in [2.24, 2.45) is 11.0 Å². The zero-order valence-corrected chi connectivity index (χ0v) is 34.0. The summed E-state index contributed by atoms with van der Waals surface area (Å²) < 4.78 is 35.0. The van der Waals surface area contributed by atoms with Crippen molar-refractivity contribution >= 4 is 55.8 Å². The number of anilines is 2. The van der Waals surface area contributed by atoms with Gasteiger partial charge in [-0.15, -0.1) is 11.3 Å². The molecule has 2 aliphatic carbocycles. The number of nitrogens with zero attached hydrogens (tertiary/aromatic N) is 4. The summed E-state index contributed by atoms with van der Waals surface area (Å²) in [6.07, 6.45) is 7.07. The van der Waals surface area contributed by atoms with Crippen LogP contribution >= 0.6 is 11.3 Å². The van der Waals surface area contributed by atoms with Gasteiger partial charge in [0, 0.05) is 33.6 Å². The topological polar surface area (TPSA) is 228 Å². The number of nitrogens with one attached hydrogen (secondary N) is 2. The number of aliphatic carboxylic acids is 1. The number of benzene rings is 3. The Hall–Kier alpha value is -5.58. The van der Waals surface area contributed by atoms with E-state index in [1.165, 1.54) is 39.9 Å². The minimum absolute atomic E-state index is 0.0660. The van der Waals surface area contributed by atoms with Crippen LogP contribution in [0.2, 0.25) is 0 Å². The molecular weight excluding hydrogens is 797 g/mol. The summed E-state index contributed by atoms with van der Waals surface area (Å²) >= 11 is 1.35. The highest BCUT2D eigenvalue weighted by Gasteiger charge is 2.36. The predicted molar refractivity (Wildman–Crippen MR) is 222 cm³/mol. The van der Waals surface area contributed by atoms with Crippen molar-refractivity contribution in [3.63, 3.8) is 0 Å². The van der Waals surface area contributed by atoms with E-state index in [-0.39, 0.29) is 41.8 Å². The molecule has 2 aliphatic rings. The van der Waals surface area contributed by atoms with Crippen LogP contribution in [-0.4, -0.2) is 72.6 Å². The number of carbonyl (C=O) groups is 4. The van der Waals surface area contributed by atoms with Crippen LogP contribution < -0.4 is 10.6 Å². The number of rotatable bonds is 18. The number of hydrogen-bond acceptors (Lipinski definition) is 9. The predicted octanol–water partition coefficient (Wildman–Crippen LogP) is 7.92. The van der Waals surface area contributed by atoms with E-state index in [0.29, 0.717) is 48.4 Å². The van der Waals surface area contributed by atoms with Gasteiger partial charge >= 0.3 is 11.9 Å². The molecule has 1 aromatic heterocycles. The largest absolute Gasteiger partial charge is 0.481 e. The number of ether oxygens (including phenoxy) is 1. The molecule has 0 radical (unpaired) electrons. The van der Waals surface area contributed by atoms with Crippen LogP contribution in [0.4, 0.5) is 10.7 Å². The number of carboxylic acid groups (broad SMARTS) is 2. The summed E-state index contributed by atoms with van der Waals surface area (Å²) in [5, 5.41) is 28.2. The molecule has 1 fully saturated rings. The zero-order valence-electron chi connectivity index (χ0n) is 32.3. The molecule has 1 heterocycles. The minimum atomic E-state index is -4.20. The number of aryl methyl sites for hydroxylation is 3. The number of carboxylic acids is 2. The number of fused-ring (bicyclic) bond motifs is 1. The number of azide groups is 1. The standard InChI is InChI=1S/C42H46N6O9S2/c43-47-44-26-57-24-23-48(33-21-17-30(18-22-33)42(53)54)59(55,56)34-8-4-7-31(25-34)38(49)46-40-37(35-9-1-2-10-36(35)58-40)39(50)45-32-19-13-28(14-20-32)6-3-5-27-11-15-29(16-12-27)41(51)52/h4,7-8,11-16,19-20,25,30,33H,1-3,5-6,9-10,17-18,21-24,26H2,(H,45,50)(H,46,49)(H,51,52)(H,53,54). The zero-order chi connectivity index (χ0) is 41.9. The Morgan fingerprint density at radius 2 is 1.54 bits per heavy atom. The summed E-state index contributed by atoms with van der Waals surface area (Å²) in [5.41, 5.74) is 12.9. The molecule has 0 unspecified atom stereocenters. The molecule has 1 saturated carbocycles. The van der Waals surface area contributed by atoms with E-state index >= 15 is 0 Å². The van der Waals surface area contributed by atoms with Gasteiger partial charge in [0.1, 0.15) is 11.7 Å². The van der Waals surface area contributed by atoms with Crippen LogP contribution in [0.3, 0.4) is 0 Å². The van der Waals surface area contributed by atoms with E-state index in [0.717, 1.165) is 60.1 Å². The summed E-state index contributed by atoms with van der Waals surface area (Å²) in [4.78, 5) is 54.0. The maximum atomic E-state index is 14.2. The average Bonchev–Trinajstić information content (AvgIpc) is 3.61. The quantitative estimate of drug-likeness (QED) is 0.0330. The Balaban J connectivity index is 1.14. The highest BCUT2D eigenvalue weighted by atomic mass is 32.2. The second kappa shape index (κ2) is 19.9. The lowest BCUT2D eigenvalue weighted by atomic mass is 9.86. The van der Waals surface area contributed by atoms with Crippen LogP contribution in [0, 0.1) is 5.92 Å². The average molecular weight is 843 g/mol. The molecule has 4 N–H and O–H groups in total. The van der Waals surface area contributed by atoms with Crippen molar-refractivity contribution in [2.75, 3.05) is 30.5 Å². The Labute approximate surface area is 346 Å². The lowest BCUT2D eigenvalue weighted by molar-refractivity contribution is -0.143. The molecule has 59 heavy (non-hydrogen) atoms. The summed E-state index contributed by atoms with van der Waals surface area (Å²) in [6, 6.07) is 19.6. The molecule has 0 saturated heterocycles. The van der Waals surface area contributed by atoms with E-state index in [1.54, 1.807) is 12.1 Å². The summed E-state index contributed by atoms with van der Waals surface area (Å²) in [5.74, 6) is -3.36. The lowest BCUT2D eigenvalue weighted by Crippen LogP contribution is -2.44. The number of amides is 2. The molecule has 3 aromatic carbocycles. The molecule has 15 nitrogen and oxygen atoms in total. The Morgan fingerprint density at radius 3 is 2.20 bits per heavy atom. The summed E-state index contributed by atoms with van der Waals surface area (Å²) in [7, 11) is -4.20. The van der Waals surface area contributed by atoms with Crippen molar-refractivity contribution in [3.8, 4) is 0 Å². The summed E-state index contributed by atoms with van der Waals surface area (Å²) in [6.45, 7) is -0.415. The van der Waals surface area contributed by atoms with Gasteiger partial charge in [0.25, 0.3) is 11.8 Å². The number of sulfonamides is 1. The van der Waals surface area contributed by atoms with Gasteiger partial charge in [0.05, 0.1) is 28.5 Å². The highest BCUT2D eigenvalue weighted by Crippen LogP contribution is 2.39.